The number of hydrogen-bond donors (Lipinski definition) is 0. The molecule has 0 aliphatic rings. The maximum atomic E-state index is 12.3. The molecule has 0 saturated heterocycles. The molecule has 1 atom stereocenters. The molecular formula is C18H23NO3. The van der Waals surface area contributed by atoms with E-state index in [4.69, 9.17) is 10.00 Å². The Balaban J connectivity index is 3.04. The first-order valence-electron chi connectivity index (χ1n) is 7.45. The van der Waals surface area contributed by atoms with E-state index in [0.717, 1.165) is 5.56 Å². The van der Waals surface area contributed by atoms with Gasteiger partial charge in [0.25, 0.3) is 0 Å². The van der Waals surface area contributed by atoms with E-state index in [1.807, 2.05) is 13.8 Å². The van der Waals surface area contributed by atoms with Crippen LogP contribution in [0, 0.1) is 16.7 Å². The fourth-order valence-electron chi connectivity index (χ4n) is 2.67. The molecule has 0 saturated carbocycles. The number of hydrogen-bond acceptors (Lipinski definition) is 4. The Morgan fingerprint density at radius 2 is 1.86 bits per heavy atom. The van der Waals surface area contributed by atoms with Crippen molar-refractivity contribution in [3.63, 3.8) is 0 Å². The van der Waals surface area contributed by atoms with E-state index in [1.54, 1.807) is 38.1 Å². The molecule has 0 N–H and O–H groups in total. The smallest absolute Gasteiger partial charge is 0.313 e. The molecule has 1 unspecified atom stereocenters. The summed E-state index contributed by atoms with van der Waals surface area (Å²) in [5.74, 6) is -0.613. The van der Waals surface area contributed by atoms with Gasteiger partial charge in [0.2, 0.25) is 0 Å². The van der Waals surface area contributed by atoms with Crippen molar-refractivity contribution in [1.82, 2.24) is 0 Å². The van der Waals surface area contributed by atoms with E-state index < -0.39 is 5.92 Å². The van der Waals surface area contributed by atoms with Gasteiger partial charge in [0.1, 0.15) is 5.78 Å². The van der Waals surface area contributed by atoms with Gasteiger partial charge < -0.3 is 9.53 Å². The number of benzene rings is 1. The van der Waals surface area contributed by atoms with Gasteiger partial charge in [0.15, 0.2) is 0 Å². The molecule has 0 heterocycles. The van der Waals surface area contributed by atoms with Crippen molar-refractivity contribution in [2.45, 2.75) is 46.5 Å². The van der Waals surface area contributed by atoms with Crippen LogP contribution in [0.1, 0.15) is 57.6 Å². The lowest BCUT2D eigenvalue weighted by Gasteiger charge is -2.28. The third-order valence-electron chi connectivity index (χ3n) is 3.50. The maximum absolute atomic E-state index is 12.3. The minimum Gasteiger partial charge on any atom is -0.466 e. The lowest BCUT2D eigenvalue weighted by molar-refractivity contribution is -0.146. The van der Waals surface area contributed by atoms with Gasteiger partial charge in [-0.2, -0.15) is 5.26 Å². The highest BCUT2D eigenvalue weighted by Crippen LogP contribution is 2.35. The number of Topliss-reactive ketones (excluding diaryl/α,β-unsaturated/α-hetero) is 1. The molecule has 0 fully saturated rings. The summed E-state index contributed by atoms with van der Waals surface area (Å²) in [4.78, 5) is 23.7. The molecule has 0 aromatic heterocycles. The minimum atomic E-state index is -0.429. The molecule has 1 rings (SSSR count). The van der Waals surface area contributed by atoms with E-state index in [1.165, 1.54) is 0 Å². The summed E-state index contributed by atoms with van der Waals surface area (Å²) in [5, 5.41) is 8.87. The molecule has 0 amide bonds. The lowest BCUT2D eigenvalue weighted by Crippen LogP contribution is -2.25. The Kier molecular flexibility index (Phi) is 6.30. The van der Waals surface area contributed by atoms with Crippen LogP contribution in [0.25, 0.3) is 0 Å². The van der Waals surface area contributed by atoms with Crippen molar-refractivity contribution in [2.75, 3.05) is 6.61 Å². The number of nitriles is 1. The van der Waals surface area contributed by atoms with Crippen LogP contribution in [-0.4, -0.2) is 18.4 Å². The Hall–Kier alpha value is -2.15. The fourth-order valence-corrected chi connectivity index (χ4v) is 2.67. The Morgan fingerprint density at radius 3 is 2.32 bits per heavy atom. The van der Waals surface area contributed by atoms with E-state index in [0.29, 0.717) is 25.0 Å². The normalized spacial score (nSPS) is 12.3. The maximum Gasteiger partial charge on any atom is 0.313 e. The molecule has 0 radical (unpaired) electrons. The molecule has 0 bridgehead atoms. The van der Waals surface area contributed by atoms with Crippen LogP contribution in [0.15, 0.2) is 24.3 Å². The average Bonchev–Trinajstić information content (AvgIpc) is 2.44. The molecule has 1 aromatic carbocycles. The summed E-state index contributed by atoms with van der Waals surface area (Å²) >= 11 is 0. The highest BCUT2D eigenvalue weighted by molar-refractivity contribution is 5.79. The zero-order chi connectivity index (χ0) is 16.8. The van der Waals surface area contributed by atoms with Crippen LogP contribution in [0.5, 0.6) is 0 Å². The van der Waals surface area contributed by atoms with Gasteiger partial charge in [-0.1, -0.05) is 26.0 Å². The first-order chi connectivity index (χ1) is 10.3. The van der Waals surface area contributed by atoms with Gasteiger partial charge in [0, 0.05) is 6.42 Å². The van der Waals surface area contributed by atoms with Crippen LogP contribution in [-0.2, 0) is 14.3 Å². The largest absolute Gasteiger partial charge is 0.466 e. The highest BCUT2D eigenvalue weighted by Gasteiger charge is 2.31. The second-order valence-electron chi connectivity index (χ2n) is 6.29. The standard InChI is InChI=1S/C18H23NO3/c1-5-22-17(21)16(11-18(3,4)10-13(2)20)15-8-6-14(12-19)7-9-15/h6-9,16H,5,10-11H2,1-4H3. The second kappa shape index (κ2) is 7.74. The van der Waals surface area contributed by atoms with Gasteiger partial charge in [0.05, 0.1) is 24.2 Å². The van der Waals surface area contributed by atoms with Crippen molar-refractivity contribution in [3.05, 3.63) is 35.4 Å². The van der Waals surface area contributed by atoms with E-state index >= 15 is 0 Å². The molecule has 1 aromatic rings. The minimum absolute atomic E-state index is 0.104. The number of carbonyl (C=O) groups is 2. The number of ketones is 1. The van der Waals surface area contributed by atoms with E-state index in [2.05, 4.69) is 6.07 Å². The number of ether oxygens (including phenoxy) is 1. The first-order valence-corrected chi connectivity index (χ1v) is 7.45. The van der Waals surface area contributed by atoms with Gasteiger partial charge in [-0.25, -0.2) is 0 Å². The highest BCUT2D eigenvalue weighted by atomic mass is 16.5. The summed E-state index contributed by atoms with van der Waals surface area (Å²) < 4.78 is 5.18. The van der Waals surface area contributed by atoms with Gasteiger partial charge in [-0.15, -0.1) is 0 Å². The molecule has 0 aliphatic heterocycles. The lowest BCUT2D eigenvalue weighted by atomic mass is 9.77. The van der Waals surface area contributed by atoms with Crippen LogP contribution >= 0.6 is 0 Å². The van der Waals surface area contributed by atoms with Gasteiger partial charge >= 0.3 is 5.97 Å². The number of rotatable bonds is 7. The van der Waals surface area contributed by atoms with Crippen LogP contribution < -0.4 is 0 Å². The van der Waals surface area contributed by atoms with Crippen LogP contribution in [0.2, 0.25) is 0 Å². The van der Waals surface area contributed by atoms with E-state index in [-0.39, 0.29) is 17.2 Å². The van der Waals surface area contributed by atoms with Crippen molar-refractivity contribution >= 4 is 11.8 Å². The van der Waals surface area contributed by atoms with Crippen molar-refractivity contribution in [1.29, 1.82) is 5.26 Å². The SMILES string of the molecule is CCOC(=O)C(CC(C)(C)CC(C)=O)c1ccc(C#N)cc1. The number of carbonyl (C=O) groups excluding carboxylic acids is 2. The van der Waals surface area contributed by atoms with Gasteiger partial charge in [-0.3, -0.25) is 4.79 Å². The molecule has 0 spiro atoms. The number of esters is 1. The molecule has 4 nitrogen and oxygen atoms in total. The average molecular weight is 301 g/mol. The van der Waals surface area contributed by atoms with Crippen LogP contribution in [0.3, 0.4) is 0 Å². The summed E-state index contributed by atoms with van der Waals surface area (Å²) in [6, 6.07) is 9.01. The van der Waals surface area contributed by atoms with Crippen molar-refractivity contribution in [3.8, 4) is 6.07 Å². The van der Waals surface area contributed by atoms with Crippen LogP contribution in [0.4, 0.5) is 0 Å². The first kappa shape index (κ1) is 17.9. The zero-order valence-electron chi connectivity index (χ0n) is 13.7. The third-order valence-corrected chi connectivity index (χ3v) is 3.50. The monoisotopic (exact) mass is 301 g/mol. The Labute approximate surface area is 132 Å². The summed E-state index contributed by atoms with van der Waals surface area (Å²) in [5.41, 5.74) is 1.07. The quantitative estimate of drug-likeness (QED) is 0.722. The Morgan fingerprint density at radius 1 is 1.27 bits per heavy atom. The predicted molar refractivity (Wildman–Crippen MR) is 84.2 cm³/mol. The Bertz CT molecular complexity index is 567. The molecule has 0 aliphatic carbocycles. The zero-order valence-corrected chi connectivity index (χ0v) is 13.7. The third kappa shape index (κ3) is 5.33. The fraction of sp³-hybridized carbons (Fsp3) is 0.500. The summed E-state index contributed by atoms with van der Waals surface area (Å²) in [6.07, 6.45) is 0.941. The van der Waals surface area contributed by atoms with Crippen molar-refractivity contribution < 1.29 is 14.3 Å². The van der Waals surface area contributed by atoms with E-state index in [9.17, 15) is 9.59 Å². The predicted octanol–water partition coefficient (Wildman–Crippen LogP) is 3.60. The molecule has 118 valence electrons. The second-order valence-corrected chi connectivity index (χ2v) is 6.29. The van der Waals surface area contributed by atoms with Gasteiger partial charge in [-0.05, 0) is 43.4 Å². The summed E-state index contributed by atoms with van der Waals surface area (Å²) in [6.45, 7) is 7.60. The summed E-state index contributed by atoms with van der Waals surface area (Å²) in [7, 11) is 0. The number of nitrogens with zero attached hydrogens (tertiary/aromatic N) is 1. The topological polar surface area (TPSA) is 67.2 Å². The van der Waals surface area contributed by atoms with Crippen molar-refractivity contribution in [2.24, 2.45) is 5.41 Å². The molecule has 4 heteroatoms. The molecular weight excluding hydrogens is 278 g/mol. The molecule has 22 heavy (non-hydrogen) atoms.